The molecule has 33 heavy (non-hydrogen) atoms. The number of rotatable bonds is 5. The van der Waals surface area contributed by atoms with E-state index in [1.807, 2.05) is 0 Å². The molecule has 1 fully saturated rings. The average Bonchev–Trinajstić information content (AvgIpc) is 3.10. The first kappa shape index (κ1) is 22.1. The SMILES string of the molecule is C=C1OB(c2cccc(-n3ncc4cc(C(=C)C)cc(F)c4c3=O)c2COC(C)=O)OC1=C. The van der Waals surface area contributed by atoms with E-state index in [9.17, 15) is 14.0 Å². The van der Waals surface area contributed by atoms with Crippen molar-refractivity contribution in [2.24, 2.45) is 0 Å². The van der Waals surface area contributed by atoms with Crippen LogP contribution in [0.5, 0.6) is 0 Å². The van der Waals surface area contributed by atoms with E-state index >= 15 is 0 Å². The summed E-state index contributed by atoms with van der Waals surface area (Å²) in [4.78, 5) is 24.8. The zero-order chi connectivity index (χ0) is 23.9. The lowest BCUT2D eigenvalue weighted by Gasteiger charge is -2.16. The number of hydrogen-bond donors (Lipinski definition) is 0. The van der Waals surface area contributed by atoms with Gasteiger partial charge in [-0.1, -0.05) is 37.4 Å². The van der Waals surface area contributed by atoms with Crippen LogP contribution in [0.4, 0.5) is 4.39 Å². The second-order valence-corrected chi connectivity index (χ2v) is 7.60. The highest BCUT2D eigenvalue weighted by Crippen LogP contribution is 2.24. The number of benzene rings is 2. The van der Waals surface area contributed by atoms with E-state index in [2.05, 4.69) is 24.8 Å². The second-order valence-electron chi connectivity index (χ2n) is 7.60. The number of nitrogens with zero attached hydrogens (tertiary/aromatic N) is 2. The smallest absolute Gasteiger partial charge is 0.520 e. The van der Waals surface area contributed by atoms with Gasteiger partial charge in [0.1, 0.15) is 23.9 Å². The van der Waals surface area contributed by atoms with Gasteiger partial charge in [0.15, 0.2) is 0 Å². The number of hydrogen-bond acceptors (Lipinski definition) is 6. The van der Waals surface area contributed by atoms with Crippen molar-refractivity contribution in [1.82, 2.24) is 9.78 Å². The monoisotopic (exact) mass is 446 g/mol. The van der Waals surface area contributed by atoms with Crippen LogP contribution >= 0.6 is 0 Å². The zero-order valence-electron chi connectivity index (χ0n) is 18.2. The van der Waals surface area contributed by atoms with Crippen LogP contribution in [0.1, 0.15) is 25.0 Å². The topological polar surface area (TPSA) is 79.7 Å². The predicted molar refractivity (Wildman–Crippen MR) is 123 cm³/mol. The van der Waals surface area contributed by atoms with Crippen LogP contribution in [0, 0.1) is 5.82 Å². The lowest BCUT2D eigenvalue weighted by Crippen LogP contribution is -2.36. The molecular weight excluding hydrogens is 426 g/mol. The van der Waals surface area contributed by atoms with Gasteiger partial charge in [0.25, 0.3) is 5.56 Å². The molecule has 4 rings (SSSR count). The molecule has 3 aromatic rings. The lowest BCUT2D eigenvalue weighted by atomic mass is 9.75. The Bertz CT molecular complexity index is 1400. The fourth-order valence-electron chi connectivity index (χ4n) is 3.53. The summed E-state index contributed by atoms with van der Waals surface area (Å²) in [6.45, 7) is 14.1. The molecule has 0 bridgehead atoms. The number of allylic oxidation sites excluding steroid dienone is 1. The van der Waals surface area contributed by atoms with Gasteiger partial charge in [-0.05, 0) is 30.7 Å². The predicted octanol–water partition coefficient (Wildman–Crippen LogP) is 3.39. The molecule has 1 aromatic heterocycles. The molecule has 2 heterocycles. The van der Waals surface area contributed by atoms with Gasteiger partial charge in [0.05, 0.1) is 17.3 Å². The standard InChI is InChI=1S/C24H20BFN2O5/c1-13(2)17-9-18-11-27-28(24(30)23(18)21(26)10-17)22-8-6-7-20(19(22)12-31-16(5)29)25-32-14(3)15(4)33-25/h6-11H,1,3-4,12H2,2,5H3. The van der Waals surface area contributed by atoms with E-state index in [4.69, 9.17) is 14.0 Å². The number of carbonyl (C=O) groups excluding carboxylic acids is 1. The summed E-state index contributed by atoms with van der Waals surface area (Å²) in [5.74, 6) is -0.671. The third kappa shape index (κ3) is 4.05. The maximum atomic E-state index is 14.9. The highest BCUT2D eigenvalue weighted by Gasteiger charge is 2.37. The minimum atomic E-state index is -0.901. The second kappa shape index (κ2) is 8.42. The minimum absolute atomic E-state index is 0.117. The highest BCUT2D eigenvalue weighted by molar-refractivity contribution is 6.63. The number of aromatic nitrogens is 2. The van der Waals surface area contributed by atoms with Crippen LogP contribution in [0.3, 0.4) is 0 Å². The van der Waals surface area contributed by atoms with Crippen LogP contribution in [-0.4, -0.2) is 22.9 Å². The molecule has 0 spiro atoms. The van der Waals surface area contributed by atoms with Gasteiger partial charge in [-0.2, -0.15) is 9.78 Å². The molecule has 0 atom stereocenters. The molecule has 0 amide bonds. The third-order valence-electron chi connectivity index (χ3n) is 5.23. The number of halogens is 1. The van der Waals surface area contributed by atoms with E-state index in [0.717, 1.165) is 4.68 Å². The van der Waals surface area contributed by atoms with Gasteiger partial charge in [0, 0.05) is 23.3 Å². The van der Waals surface area contributed by atoms with Gasteiger partial charge >= 0.3 is 13.1 Å². The van der Waals surface area contributed by atoms with Crippen molar-refractivity contribution in [2.75, 3.05) is 0 Å². The van der Waals surface area contributed by atoms with Crippen molar-refractivity contribution in [1.29, 1.82) is 0 Å². The Morgan fingerprint density at radius 1 is 1.21 bits per heavy atom. The third-order valence-corrected chi connectivity index (χ3v) is 5.23. The first-order chi connectivity index (χ1) is 15.7. The van der Waals surface area contributed by atoms with Gasteiger partial charge in [-0.25, -0.2) is 4.39 Å². The zero-order valence-corrected chi connectivity index (χ0v) is 18.2. The molecule has 1 saturated heterocycles. The van der Waals surface area contributed by atoms with Crippen molar-refractivity contribution >= 4 is 34.9 Å². The van der Waals surface area contributed by atoms with E-state index in [-0.39, 0.29) is 23.5 Å². The molecular formula is C24H20BFN2O5. The molecule has 0 unspecified atom stereocenters. The fourth-order valence-corrected chi connectivity index (χ4v) is 3.53. The summed E-state index contributed by atoms with van der Waals surface area (Å²) in [6, 6.07) is 7.90. The Morgan fingerprint density at radius 3 is 2.55 bits per heavy atom. The Morgan fingerprint density at radius 2 is 1.91 bits per heavy atom. The van der Waals surface area contributed by atoms with E-state index in [0.29, 0.717) is 33.2 Å². The normalized spacial score (nSPS) is 13.1. The highest BCUT2D eigenvalue weighted by atomic mass is 19.1. The Hall–Kier alpha value is -4.14. The quantitative estimate of drug-likeness (QED) is 0.442. The Labute approximate surface area is 189 Å². The fraction of sp³-hybridized carbons (Fsp3) is 0.125. The van der Waals surface area contributed by atoms with Gasteiger partial charge in [-0.3, -0.25) is 9.59 Å². The van der Waals surface area contributed by atoms with Crippen molar-refractivity contribution in [3.63, 3.8) is 0 Å². The summed E-state index contributed by atoms with van der Waals surface area (Å²) < 4.78 is 32.4. The van der Waals surface area contributed by atoms with E-state index < -0.39 is 24.5 Å². The van der Waals surface area contributed by atoms with Gasteiger partial charge in [0.2, 0.25) is 0 Å². The van der Waals surface area contributed by atoms with Crippen molar-refractivity contribution in [3.05, 3.63) is 95.1 Å². The van der Waals surface area contributed by atoms with Gasteiger partial charge < -0.3 is 14.0 Å². The Balaban J connectivity index is 1.92. The molecule has 9 heteroatoms. The molecule has 2 aromatic carbocycles. The number of ether oxygens (including phenoxy) is 1. The summed E-state index contributed by atoms with van der Waals surface area (Å²) in [5.41, 5.74) is 1.76. The van der Waals surface area contributed by atoms with Crippen molar-refractivity contribution in [3.8, 4) is 5.69 Å². The molecule has 0 radical (unpaired) electrons. The van der Waals surface area contributed by atoms with Crippen LogP contribution in [0.25, 0.3) is 22.0 Å². The molecule has 166 valence electrons. The number of esters is 1. The molecule has 1 aliphatic heterocycles. The van der Waals surface area contributed by atoms with Crippen LogP contribution < -0.4 is 11.0 Å². The summed E-state index contributed by atoms with van der Waals surface area (Å²) >= 11 is 0. The maximum absolute atomic E-state index is 14.9. The summed E-state index contributed by atoms with van der Waals surface area (Å²) in [7, 11) is -0.901. The molecule has 1 aliphatic rings. The van der Waals surface area contributed by atoms with Crippen molar-refractivity contribution < 1.29 is 23.2 Å². The van der Waals surface area contributed by atoms with Crippen LogP contribution in [-0.2, 0) is 25.4 Å². The van der Waals surface area contributed by atoms with Crippen LogP contribution in [0.2, 0.25) is 0 Å². The summed E-state index contributed by atoms with van der Waals surface area (Å²) in [6.07, 6.45) is 1.40. The summed E-state index contributed by atoms with van der Waals surface area (Å²) in [5, 5.41) is 4.49. The maximum Gasteiger partial charge on any atom is 0.633 e. The average molecular weight is 446 g/mol. The molecule has 7 nitrogen and oxygen atoms in total. The van der Waals surface area contributed by atoms with E-state index in [1.165, 1.54) is 19.2 Å². The molecule has 0 saturated carbocycles. The molecule has 0 N–H and O–H groups in total. The molecule has 0 aliphatic carbocycles. The Kier molecular flexibility index (Phi) is 5.63. The van der Waals surface area contributed by atoms with Crippen molar-refractivity contribution in [2.45, 2.75) is 20.5 Å². The number of carbonyl (C=O) groups is 1. The van der Waals surface area contributed by atoms with Gasteiger partial charge in [-0.15, -0.1) is 0 Å². The number of fused-ring (bicyclic) bond motifs is 1. The largest absolute Gasteiger partial charge is 0.633 e. The van der Waals surface area contributed by atoms with E-state index in [1.54, 1.807) is 31.2 Å². The lowest BCUT2D eigenvalue weighted by molar-refractivity contribution is -0.142. The minimum Gasteiger partial charge on any atom is -0.520 e. The van der Waals surface area contributed by atoms with Crippen LogP contribution in [0.15, 0.2) is 72.6 Å². The first-order valence-electron chi connectivity index (χ1n) is 10.0. The first-order valence-corrected chi connectivity index (χ1v) is 10.0.